The van der Waals surface area contributed by atoms with Gasteiger partial charge in [-0.25, -0.2) is 17.2 Å². The van der Waals surface area contributed by atoms with Gasteiger partial charge in [0.05, 0.1) is 10.6 Å². The average molecular weight is 445 g/mol. The van der Waals surface area contributed by atoms with Crippen molar-refractivity contribution in [1.29, 1.82) is 0 Å². The summed E-state index contributed by atoms with van der Waals surface area (Å²) in [6.45, 7) is 0. The molecule has 146 valence electrons. The van der Waals surface area contributed by atoms with Gasteiger partial charge in [-0.3, -0.25) is 14.8 Å². The zero-order chi connectivity index (χ0) is 20.3. The van der Waals surface area contributed by atoms with Crippen LogP contribution in [0.5, 0.6) is 0 Å². The normalized spacial score (nSPS) is 11.4. The van der Waals surface area contributed by atoms with Crippen molar-refractivity contribution >= 4 is 49.7 Å². The number of carbonyl (C=O) groups excluding carboxylic acids is 1. The third kappa shape index (κ3) is 4.80. The maximum atomic E-state index is 12.5. The number of amides is 1. The number of anilines is 2. The summed E-state index contributed by atoms with van der Waals surface area (Å²) in [4.78, 5) is 12.1. The van der Waals surface area contributed by atoms with Crippen LogP contribution in [0.15, 0.2) is 53.4 Å². The molecule has 7 nitrogen and oxygen atoms in total. The summed E-state index contributed by atoms with van der Waals surface area (Å²) in [6, 6.07) is 11.4. The van der Waals surface area contributed by atoms with Crippen LogP contribution in [0.2, 0.25) is 5.02 Å². The van der Waals surface area contributed by atoms with Crippen LogP contribution in [0.4, 0.5) is 19.6 Å². The van der Waals surface area contributed by atoms with Gasteiger partial charge in [-0.1, -0.05) is 35.1 Å². The molecule has 0 atom stereocenters. The van der Waals surface area contributed by atoms with E-state index in [1.807, 2.05) is 0 Å². The van der Waals surface area contributed by atoms with E-state index in [1.54, 1.807) is 12.1 Å². The summed E-state index contributed by atoms with van der Waals surface area (Å²) in [5.74, 6) is -0.711. The number of aromatic nitrogens is 2. The van der Waals surface area contributed by atoms with Gasteiger partial charge in [0.2, 0.25) is 5.13 Å². The fourth-order valence-corrected chi connectivity index (χ4v) is 3.99. The van der Waals surface area contributed by atoms with E-state index in [0.717, 1.165) is 6.07 Å². The molecule has 1 amide bonds. The number of halogens is 3. The molecule has 2 N–H and O–H groups in total. The second kappa shape index (κ2) is 8.17. The zero-order valence-electron chi connectivity index (χ0n) is 13.8. The zero-order valence-corrected chi connectivity index (χ0v) is 16.2. The maximum Gasteiger partial charge on any atom is 0.291 e. The van der Waals surface area contributed by atoms with Gasteiger partial charge < -0.3 is 0 Å². The van der Waals surface area contributed by atoms with E-state index in [1.165, 1.54) is 30.3 Å². The predicted molar refractivity (Wildman–Crippen MR) is 102 cm³/mol. The van der Waals surface area contributed by atoms with Gasteiger partial charge in [0.25, 0.3) is 22.4 Å². The lowest BCUT2D eigenvalue weighted by atomic mass is 10.2. The highest BCUT2D eigenvalue weighted by Gasteiger charge is 2.19. The molecule has 1 heterocycles. The molecule has 0 aliphatic heterocycles. The van der Waals surface area contributed by atoms with Crippen LogP contribution in [-0.2, 0) is 10.0 Å². The first kappa shape index (κ1) is 20.1. The van der Waals surface area contributed by atoms with E-state index < -0.39 is 27.4 Å². The molecule has 0 aliphatic rings. The smallest absolute Gasteiger partial charge is 0.291 e. The first-order valence-corrected chi connectivity index (χ1v) is 10.2. The number of hydrogen-bond donors (Lipinski definition) is 2. The molecular weight excluding hydrogens is 434 g/mol. The molecule has 12 heteroatoms. The topological polar surface area (TPSA) is 101 Å². The highest BCUT2D eigenvalue weighted by atomic mass is 35.5. The Balaban J connectivity index is 1.79. The molecular formula is C16H11ClF2N4O3S2. The Kier molecular flexibility index (Phi) is 5.87. The van der Waals surface area contributed by atoms with Crippen molar-refractivity contribution in [2.75, 3.05) is 10.0 Å². The van der Waals surface area contributed by atoms with Crippen molar-refractivity contribution < 1.29 is 22.0 Å². The lowest BCUT2D eigenvalue weighted by Gasteiger charge is -2.09. The average Bonchev–Trinajstić information content (AvgIpc) is 3.10. The molecule has 2 aromatic carbocycles. The minimum atomic E-state index is -3.98. The molecule has 3 aromatic rings. The number of nitrogens with one attached hydrogen (secondary N) is 2. The summed E-state index contributed by atoms with van der Waals surface area (Å²) < 4.78 is 52.5. The Hall–Kier alpha value is -2.63. The number of benzene rings is 2. The Morgan fingerprint density at radius 3 is 2.54 bits per heavy atom. The van der Waals surface area contributed by atoms with E-state index in [4.69, 9.17) is 11.6 Å². The van der Waals surface area contributed by atoms with Crippen LogP contribution in [0.1, 0.15) is 21.8 Å². The number of carbonyl (C=O) groups is 1. The molecule has 0 radical (unpaired) electrons. The maximum absolute atomic E-state index is 12.5. The molecule has 0 saturated carbocycles. The lowest BCUT2D eigenvalue weighted by molar-refractivity contribution is 0.102. The minimum absolute atomic E-state index is 0.00256. The van der Waals surface area contributed by atoms with E-state index in [0.29, 0.717) is 16.4 Å². The van der Waals surface area contributed by atoms with Crippen molar-refractivity contribution in [3.05, 3.63) is 64.1 Å². The SMILES string of the molecule is O=C(Nc1nnc(C(F)F)s1)c1cccc(S(=O)(=O)Nc2cccc(Cl)c2)c1. The standard InChI is InChI=1S/C16H11ClF2N4O3S2/c17-10-4-2-5-11(8-10)23-28(25,26)12-6-1-3-9(7-12)14(24)20-16-22-21-15(27-16)13(18)19/h1-8,13,23H,(H,20,22,24). The molecule has 0 saturated heterocycles. The quantitative estimate of drug-likeness (QED) is 0.593. The van der Waals surface area contributed by atoms with Crippen molar-refractivity contribution in [3.8, 4) is 0 Å². The highest BCUT2D eigenvalue weighted by molar-refractivity contribution is 7.92. The molecule has 0 spiro atoms. The van der Waals surface area contributed by atoms with Gasteiger partial charge in [0, 0.05) is 10.6 Å². The van der Waals surface area contributed by atoms with E-state index >= 15 is 0 Å². The van der Waals surface area contributed by atoms with Crippen LogP contribution in [-0.4, -0.2) is 24.5 Å². The van der Waals surface area contributed by atoms with Gasteiger partial charge in [-0.2, -0.15) is 0 Å². The number of nitrogens with zero attached hydrogens (tertiary/aromatic N) is 2. The third-order valence-corrected chi connectivity index (χ3v) is 5.79. The van der Waals surface area contributed by atoms with Crippen LogP contribution < -0.4 is 10.0 Å². The summed E-state index contributed by atoms with van der Waals surface area (Å²) in [5, 5.41) is 8.73. The first-order chi connectivity index (χ1) is 13.2. The van der Waals surface area contributed by atoms with Crippen molar-refractivity contribution in [2.24, 2.45) is 0 Å². The Bertz CT molecular complexity index is 1120. The number of hydrogen-bond acceptors (Lipinski definition) is 6. The highest BCUT2D eigenvalue weighted by Crippen LogP contribution is 2.26. The Morgan fingerprint density at radius 1 is 1.11 bits per heavy atom. The number of sulfonamides is 1. The van der Waals surface area contributed by atoms with Gasteiger partial charge in [0.1, 0.15) is 0 Å². The second-order valence-electron chi connectivity index (χ2n) is 5.34. The fourth-order valence-electron chi connectivity index (χ4n) is 2.11. The second-order valence-corrected chi connectivity index (χ2v) is 8.47. The fraction of sp³-hybridized carbons (Fsp3) is 0.0625. The predicted octanol–water partition coefficient (Wildman–Crippen LogP) is 4.18. The summed E-state index contributed by atoms with van der Waals surface area (Å²) in [7, 11) is -3.98. The van der Waals surface area contributed by atoms with Crippen LogP contribution in [0, 0.1) is 0 Å². The van der Waals surface area contributed by atoms with E-state index in [-0.39, 0.29) is 21.3 Å². The number of alkyl halides is 2. The van der Waals surface area contributed by atoms with Crippen LogP contribution in [0.3, 0.4) is 0 Å². The van der Waals surface area contributed by atoms with Gasteiger partial charge in [-0.05, 0) is 36.4 Å². The van der Waals surface area contributed by atoms with E-state index in [2.05, 4.69) is 20.2 Å². The van der Waals surface area contributed by atoms with Crippen molar-refractivity contribution in [1.82, 2.24) is 10.2 Å². The van der Waals surface area contributed by atoms with Gasteiger partial charge in [-0.15, -0.1) is 10.2 Å². The van der Waals surface area contributed by atoms with Crippen molar-refractivity contribution in [3.63, 3.8) is 0 Å². The minimum Gasteiger partial charge on any atom is -0.296 e. The monoisotopic (exact) mass is 444 g/mol. The van der Waals surface area contributed by atoms with Crippen LogP contribution in [0.25, 0.3) is 0 Å². The molecule has 1 aromatic heterocycles. The summed E-state index contributed by atoms with van der Waals surface area (Å²) >= 11 is 6.37. The summed E-state index contributed by atoms with van der Waals surface area (Å²) in [6.07, 6.45) is -2.80. The van der Waals surface area contributed by atoms with Crippen LogP contribution >= 0.6 is 22.9 Å². The largest absolute Gasteiger partial charge is 0.296 e. The summed E-state index contributed by atoms with van der Waals surface area (Å²) in [5.41, 5.74) is 0.263. The molecule has 0 fully saturated rings. The van der Waals surface area contributed by atoms with Gasteiger partial charge >= 0.3 is 0 Å². The molecule has 3 rings (SSSR count). The first-order valence-electron chi connectivity index (χ1n) is 7.56. The number of rotatable bonds is 6. The third-order valence-electron chi connectivity index (χ3n) is 3.33. The molecule has 0 unspecified atom stereocenters. The lowest BCUT2D eigenvalue weighted by Crippen LogP contribution is -2.16. The van der Waals surface area contributed by atoms with Gasteiger partial charge in [0.15, 0.2) is 5.01 Å². The molecule has 0 aliphatic carbocycles. The molecule has 0 bridgehead atoms. The van der Waals surface area contributed by atoms with Crippen molar-refractivity contribution in [2.45, 2.75) is 11.3 Å². The van der Waals surface area contributed by atoms with E-state index in [9.17, 15) is 22.0 Å². The molecule has 28 heavy (non-hydrogen) atoms. The Labute approximate surface area is 167 Å². The Morgan fingerprint density at radius 2 is 1.86 bits per heavy atom.